The molecule has 0 fully saturated rings. The fourth-order valence-corrected chi connectivity index (χ4v) is 1.40. The molecule has 0 aromatic heterocycles. The van der Waals surface area contributed by atoms with Crippen LogP contribution in [0, 0.1) is 27.2 Å². The molecular formula is C9H11N3O5. The van der Waals surface area contributed by atoms with Gasteiger partial charge in [-0.1, -0.05) is 0 Å². The highest BCUT2D eigenvalue weighted by Crippen LogP contribution is 2.35. The van der Waals surface area contributed by atoms with Gasteiger partial charge in [0.1, 0.15) is 0 Å². The summed E-state index contributed by atoms with van der Waals surface area (Å²) in [7, 11) is 0. The maximum Gasteiger partial charge on any atom is 0.299 e. The quantitative estimate of drug-likeness (QED) is 0.590. The highest BCUT2D eigenvalue weighted by atomic mass is 16.6. The van der Waals surface area contributed by atoms with Gasteiger partial charge in [-0.3, -0.25) is 20.2 Å². The molecular weight excluding hydrogens is 230 g/mol. The van der Waals surface area contributed by atoms with Crippen molar-refractivity contribution in [1.82, 2.24) is 0 Å². The van der Waals surface area contributed by atoms with Gasteiger partial charge >= 0.3 is 0 Å². The predicted octanol–water partition coefficient (Wildman–Crippen LogP) is 1.22. The summed E-state index contributed by atoms with van der Waals surface area (Å²) in [6.45, 7) is 1.27. The van der Waals surface area contributed by atoms with Crippen molar-refractivity contribution in [2.45, 2.75) is 6.92 Å². The van der Waals surface area contributed by atoms with E-state index in [1.54, 1.807) is 0 Å². The van der Waals surface area contributed by atoms with Gasteiger partial charge in [0.15, 0.2) is 5.69 Å². The van der Waals surface area contributed by atoms with Crippen molar-refractivity contribution in [2.24, 2.45) is 0 Å². The summed E-state index contributed by atoms with van der Waals surface area (Å²) >= 11 is 0. The Balaban J connectivity index is 3.36. The topological polar surface area (TPSA) is 119 Å². The molecule has 0 aliphatic heterocycles. The Hall–Kier alpha value is -2.22. The van der Waals surface area contributed by atoms with E-state index in [0.29, 0.717) is 5.56 Å². The molecule has 1 rings (SSSR count). The fourth-order valence-electron chi connectivity index (χ4n) is 1.40. The molecule has 0 aliphatic carbocycles. The van der Waals surface area contributed by atoms with Gasteiger partial charge < -0.3 is 10.4 Å². The number of anilines is 1. The second-order valence-electron chi connectivity index (χ2n) is 3.34. The first-order valence-corrected chi connectivity index (χ1v) is 4.75. The summed E-state index contributed by atoms with van der Waals surface area (Å²) < 4.78 is 0. The van der Waals surface area contributed by atoms with E-state index in [0.717, 1.165) is 0 Å². The summed E-state index contributed by atoms with van der Waals surface area (Å²) in [6.07, 6.45) is 0. The van der Waals surface area contributed by atoms with Crippen LogP contribution in [-0.4, -0.2) is 28.1 Å². The van der Waals surface area contributed by atoms with E-state index in [4.69, 9.17) is 5.11 Å². The minimum atomic E-state index is -0.695. The molecule has 2 N–H and O–H groups in total. The third-order valence-electron chi connectivity index (χ3n) is 2.05. The van der Waals surface area contributed by atoms with Crippen molar-refractivity contribution in [3.8, 4) is 0 Å². The van der Waals surface area contributed by atoms with Crippen molar-refractivity contribution >= 4 is 17.1 Å². The molecule has 8 heteroatoms. The number of benzene rings is 1. The minimum Gasteiger partial charge on any atom is -0.395 e. The van der Waals surface area contributed by atoms with Gasteiger partial charge in [0.05, 0.1) is 16.5 Å². The smallest absolute Gasteiger partial charge is 0.299 e. The zero-order valence-electron chi connectivity index (χ0n) is 9.04. The van der Waals surface area contributed by atoms with Crippen LogP contribution in [0.5, 0.6) is 0 Å². The summed E-state index contributed by atoms with van der Waals surface area (Å²) in [5.41, 5.74) is -0.493. The standard InChI is InChI=1S/C9H11N3O5/c1-6-4-7(11(14)15)9(10-2-3-13)8(5-6)12(16)17/h4-5,10,13H,2-3H2,1H3. The zero-order valence-corrected chi connectivity index (χ0v) is 9.04. The normalized spacial score (nSPS) is 10.0. The van der Waals surface area contributed by atoms with Crippen molar-refractivity contribution < 1.29 is 15.0 Å². The van der Waals surface area contributed by atoms with E-state index in [1.807, 2.05) is 0 Å². The largest absolute Gasteiger partial charge is 0.395 e. The third-order valence-corrected chi connectivity index (χ3v) is 2.05. The number of aliphatic hydroxyl groups is 1. The molecule has 0 unspecified atom stereocenters. The average Bonchev–Trinajstić information content (AvgIpc) is 2.26. The van der Waals surface area contributed by atoms with E-state index < -0.39 is 9.85 Å². The lowest BCUT2D eigenvalue weighted by Crippen LogP contribution is -2.10. The van der Waals surface area contributed by atoms with Crippen LogP contribution >= 0.6 is 0 Å². The number of nitro benzene ring substituents is 2. The second-order valence-corrected chi connectivity index (χ2v) is 3.34. The third kappa shape index (κ3) is 2.88. The van der Waals surface area contributed by atoms with Gasteiger partial charge in [-0.05, 0) is 12.5 Å². The number of nitrogens with zero attached hydrogens (tertiary/aromatic N) is 2. The highest BCUT2D eigenvalue weighted by molar-refractivity contribution is 5.74. The molecule has 0 saturated carbocycles. The molecule has 0 amide bonds. The first kappa shape index (κ1) is 12.8. The van der Waals surface area contributed by atoms with Crippen LogP contribution in [-0.2, 0) is 0 Å². The summed E-state index contributed by atoms with van der Waals surface area (Å²) in [4.78, 5) is 20.2. The Morgan fingerprint density at radius 2 is 1.71 bits per heavy atom. The average molecular weight is 241 g/mol. The molecule has 0 radical (unpaired) electrons. The molecule has 17 heavy (non-hydrogen) atoms. The number of hydrogen-bond donors (Lipinski definition) is 2. The van der Waals surface area contributed by atoms with Crippen LogP contribution in [0.4, 0.5) is 17.1 Å². The maximum absolute atomic E-state index is 10.8. The molecule has 1 aromatic rings. The minimum absolute atomic E-state index is 0.00470. The van der Waals surface area contributed by atoms with Crippen LogP contribution < -0.4 is 5.32 Å². The van der Waals surface area contributed by atoms with Gasteiger partial charge in [0.2, 0.25) is 0 Å². The summed E-state index contributed by atoms with van der Waals surface area (Å²) in [6, 6.07) is 2.49. The van der Waals surface area contributed by atoms with Crippen LogP contribution in [0.1, 0.15) is 5.56 Å². The Bertz CT molecular complexity index is 425. The van der Waals surface area contributed by atoms with Crippen LogP contribution in [0.25, 0.3) is 0 Å². The monoisotopic (exact) mass is 241 g/mol. The van der Waals surface area contributed by atoms with Gasteiger partial charge in [-0.2, -0.15) is 0 Å². The first-order valence-electron chi connectivity index (χ1n) is 4.75. The number of nitrogens with one attached hydrogen (secondary N) is 1. The van der Waals surface area contributed by atoms with Gasteiger partial charge in [-0.15, -0.1) is 0 Å². The zero-order chi connectivity index (χ0) is 13.0. The molecule has 0 heterocycles. The molecule has 0 aliphatic rings. The predicted molar refractivity (Wildman–Crippen MR) is 60.1 cm³/mol. The highest BCUT2D eigenvalue weighted by Gasteiger charge is 2.25. The van der Waals surface area contributed by atoms with Crippen LogP contribution in [0.15, 0.2) is 12.1 Å². The molecule has 8 nitrogen and oxygen atoms in total. The Labute approximate surface area is 96.2 Å². The fraction of sp³-hybridized carbons (Fsp3) is 0.333. The van der Waals surface area contributed by atoms with Crippen LogP contribution in [0.2, 0.25) is 0 Å². The van der Waals surface area contributed by atoms with Crippen molar-refractivity contribution in [2.75, 3.05) is 18.5 Å². The summed E-state index contributed by atoms with van der Waals surface area (Å²) in [5.74, 6) is 0. The lowest BCUT2D eigenvalue weighted by molar-refractivity contribution is -0.392. The van der Waals surface area contributed by atoms with Gasteiger partial charge in [0.25, 0.3) is 11.4 Å². The number of aliphatic hydroxyl groups excluding tert-OH is 1. The summed E-state index contributed by atoms with van der Waals surface area (Å²) in [5, 5.41) is 32.7. The Morgan fingerprint density at radius 3 is 2.06 bits per heavy atom. The molecule has 0 bridgehead atoms. The number of aryl methyl sites for hydroxylation is 1. The van der Waals surface area contributed by atoms with E-state index in [9.17, 15) is 20.2 Å². The van der Waals surface area contributed by atoms with E-state index in [2.05, 4.69) is 5.32 Å². The Morgan fingerprint density at radius 1 is 1.24 bits per heavy atom. The molecule has 0 saturated heterocycles. The molecule has 0 atom stereocenters. The SMILES string of the molecule is Cc1cc([N+](=O)[O-])c(NCCO)c([N+](=O)[O-])c1. The van der Waals surface area contributed by atoms with Crippen molar-refractivity contribution in [3.63, 3.8) is 0 Å². The van der Waals surface area contributed by atoms with E-state index >= 15 is 0 Å². The van der Waals surface area contributed by atoms with Gasteiger partial charge in [-0.25, -0.2) is 0 Å². The van der Waals surface area contributed by atoms with Gasteiger partial charge in [0, 0.05) is 18.7 Å². The second kappa shape index (κ2) is 5.21. The lowest BCUT2D eigenvalue weighted by Gasteiger charge is -2.07. The Kier molecular flexibility index (Phi) is 3.94. The van der Waals surface area contributed by atoms with Crippen molar-refractivity contribution in [3.05, 3.63) is 37.9 Å². The number of rotatable bonds is 5. The number of nitro groups is 2. The number of hydrogen-bond acceptors (Lipinski definition) is 6. The van der Waals surface area contributed by atoms with Crippen molar-refractivity contribution in [1.29, 1.82) is 0 Å². The maximum atomic E-state index is 10.8. The lowest BCUT2D eigenvalue weighted by atomic mass is 10.1. The van der Waals surface area contributed by atoms with Crippen LogP contribution in [0.3, 0.4) is 0 Å². The van der Waals surface area contributed by atoms with E-state index in [-0.39, 0.29) is 30.2 Å². The van der Waals surface area contributed by atoms with E-state index in [1.165, 1.54) is 19.1 Å². The first-order chi connectivity index (χ1) is 7.97. The molecule has 92 valence electrons. The molecule has 0 spiro atoms. The molecule has 1 aromatic carbocycles.